The molecule has 0 amide bonds. The van der Waals surface area contributed by atoms with Crippen molar-refractivity contribution >= 4 is 27.4 Å². The molecule has 0 fully saturated rings. The first-order chi connectivity index (χ1) is 10.8. The highest BCUT2D eigenvalue weighted by atomic mass is 35.5. The van der Waals surface area contributed by atoms with Crippen molar-refractivity contribution in [2.75, 3.05) is 5.88 Å². The van der Waals surface area contributed by atoms with Gasteiger partial charge in [0.25, 0.3) is 0 Å². The molecule has 0 saturated carbocycles. The second-order valence-corrected chi connectivity index (χ2v) is 6.68. The molecule has 2 N–H and O–H groups in total. The zero-order valence-corrected chi connectivity index (χ0v) is 14.7. The minimum absolute atomic E-state index is 0.00844. The molecule has 6 heteroatoms. The quantitative estimate of drug-likeness (QED) is 0.676. The third-order valence-electron chi connectivity index (χ3n) is 3.22. The molecule has 4 nitrogen and oxygen atoms in total. The van der Waals surface area contributed by atoms with Crippen molar-refractivity contribution in [3.05, 3.63) is 65.2 Å². The molecule has 0 radical (unpaired) electrons. The van der Waals surface area contributed by atoms with E-state index in [1.54, 1.807) is 25.1 Å². The largest absolute Gasteiger partial charge is 0.293 e. The van der Waals surface area contributed by atoms with E-state index in [4.69, 9.17) is 16.7 Å². The van der Waals surface area contributed by atoms with Crippen molar-refractivity contribution in [2.24, 2.45) is 5.14 Å². The lowest BCUT2D eigenvalue weighted by Crippen LogP contribution is -2.13. The normalized spacial score (nSPS) is 10.6. The SMILES string of the molecule is CCc1ccccc1C(=O)CCl.Cc1ccccc1S(N)(=O)=O. The number of hydrogen-bond donors (Lipinski definition) is 1. The van der Waals surface area contributed by atoms with Crippen LogP contribution in [-0.4, -0.2) is 20.1 Å². The summed E-state index contributed by atoms with van der Waals surface area (Å²) in [6, 6.07) is 14.2. The van der Waals surface area contributed by atoms with Crippen LogP contribution >= 0.6 is 11.6 Å². The molecule has 0 unspecified atom stereocenters. The van der Waals surface area contributed by atoms with Gasteiger partial charge < -0.3 is 0 Å². The summed E-state index contributed by atoms with van der Waals surface area (Å²) in [4.78, 5) is 11.5. The number of primary sulfonamides is 1. The highest BCUT2D eigenvalue weighted by molar-refractivity contribution is 7.89. The highest BCUT2D eigenvalue weighted by Gasteiger charge is 2.08. The van der Waals surface area contributed by atoms with Gasteiger partial charge in [-0.15, -0.1) is 11.6 Å². The third kappa shape index (κ3) is 5.78. The van der Waals surface area contributed by atoms with Crippen molar-refractivity contribution < 1.29 is 13.2 Å². The Morgan fingerprint density at radius 3 is 2.13 bits per heavy atom. The van der Waals surface area contributed by atoms with Crippen molar-refractivity contribution in [3.8, 4) is 0 Å². The number of carbonyl (C=O) groups is 1. The van der Waals surface area contributed by atoms with Crippen LogP contribution < -0.4 is 5.14 Å². The Balaban J connectivity index is 0.000000231. The number of ketones is 1. The first-order valence-corrected chi connectivity index (χ1v) is 9.14. The average molecular weight is 354 g/mol. The van der Waals surface area contributed by atoms with Crippen LogP contribution in [0.25, 0.3) is 0 Å². The van der Waals surface area contributed by atoms with Crippen molar-refractivity contribution in [2.45, 2.75) is 25.2 Å². The summed E-state index contributed by atoms with van der Waals surface area (Å²) in [5.41, 5.74) is 2.51. The van der Waals surface area contributed by atoms with Crippen LogP contribution in [0.5, 0.6) is 0 Å². The Hall–Kier alpha value is -1.69. The van der Waals surface area contributed by atoms with Gasteiger partial charge in [-0.2, -0.15) is 0 Å². The number of Topliss-reactive ketones (excluding diaryl/α,β-unsaturated/α-hetero) is 1. The van der Waals surface area contributed by atoms with Gasteiger partial charge >= 0.3 is 0 Å². The first kappa shape index (κ1) is 19.4. The number of halogens is 1. The number of rotatable bonds is 4. The summed E-state index contributed by atoms with van der Waals surface area (Å²) in [6.07, 6.45) is 0.874. The molecule has 0 atom stereocenters. The summed E-state index contributed by atoms with van der Waals surface area (Å²) >= 11 is 5.47. The summed E-state index contributed by atoms with van der Waals surface area (Å²) < 4.78 is 21.7. The van der Waals surface area contributed by atoms with E-state index in [0.717, 1.165) is 17.5 Å². The number of carbonyl (C=O) groups excluding carboxylic acids is 1. The molecule has 0 spiro atoms. The molecule has 0 heterocycles. The lowest BCUT2D eigenvalue weighted by molar-refractivity contribution is 0.102. The number of nitrogens with two attached hydrogens (primary N) is 1. The third-order valence-corrected chi connectivity index (χ3v) is 4.53. The summed E-state index contributed by atoms with van der Waals surface area (Å²) in [5.74, 6) is 0.0749. The van der Waals surface area contributed by atoms with Gasteiger partial charge in [-0.3, -0.25) is 4.79 Å². The van der Waals surface area contributed by atoms with Gasteiger partial charge in [0.05, 0.1) is 10.8 Å². The maximum atomic E-state index is 11.3. The van der Waals surface area contributed by atoms with Crippen molar-refractivity contribution in [3.63, 3.8) is 0 Å². The van der Waals surface area contributed by atoms with Crippen LogP contribution in [0.3, 0.4) is 0 Å². The predicted octanol–water partition coefficient (Wildman–Crippen LogP) is 3.31. The van der Waals surface area contributed by atoms with E-state index in [1.807, 2.05) is 31.2 Å². The zero-order chi connectivity index (χ0) is 17.5. The molecule has 0 aliphatic carbocycles. The molecule has 0 aliphatic rings. The van der Waals surface area contributed by atoms with Gasteiger partial charge in [0.2, 0.25) is 10.0 Å². The van der Waals surface area contributed by atoms with Crippen LogP contribution in [0.1, 0.15) is 28.4 Å². The maximum absolute atomic E-state index is 11.3. The molecule has 2 rings (SSSR count). The van der Waals surface area contributed by atoms with E-state index in [0.29, 0.717) is 5.56 Å². The standard InChI is InChI=1S/C10H11ClO.C7H9NO2S/c1-2-8-5-3-4-6-9(8)10(12)7-11;1-6-4-2-3-5-7(6)11(8,9)10/h3-6H,2,7H2,1H3;2-5H,1H3,(H2,8,9,10). The van der Waals surface area contributed by atoms with E-state index >= 15 is 0 Å². The molecule has 0 bridgehead atoms. The van der Waals surface area contributed by atoms with E-state index < -0.39 is 10.0 Å². The highest BCUT2D eigenvalue weighted by Crippen LogP contribution is 2.11. The number of benzene rings is 2. The summed E-state index contributed by atoms with van der Waals surface area (Å²) in [7, 11) is -3.53. The number of hydrogen-bond acceptors (Lipinski definition) is 3. The molecule has 2 aromatic carbocycles. The molecule has 23 heavy (non-hydrogen) atoms. The smallest absolute Gasteiger partial charge is 0.238 e. The van der Waals surface area contributed by atoms with Gasteiger partial charge in [0.1, 0.15) is 0 Å². The lowest BCUT2D eigenvalue weighted by Gasteiger charge is -2.03. The second-order valence-electron chi connectivity index (χ2n) is 4.88. The first-order valence-electron chi connectivity index (χ1n) is 7.06. The molecule has 0 aromatic heterocycles. The predicted molar refractivity (Wildman–Crippen MR) is 93.4 cm³/mol. The Morgan fingerprint density at radius 2 is 1.65 bits per heavy atom. The average Bonchev–Trinajstić information content (AvgIpc) is 2.54. The Labute approximate surface area is 142 Å². The van der Waals surface area contributed by atoms with Crippen LogP contribution in [0, 0.1) is 6.92 Å². The second kappa shape index (κ2) is 8.82. The molecular weight excluding hydrogens is 334 g/mol. The molecule has 0 aliphatic heterocycles. The van der Waals surface area contributed by atoms with Gasteiger partial charge in [-0.1, -0.05) is 49.4 Å². The van der Waals surface area contributed by atoms with Gasteiger partial charge in [0.15, 0.2) is 5.78 Å². The van der Waals surface area contributed by atoms with E-state index in [1.165, 1.54) is 6.07 Å². The minimum atomic E-state index is -3.53. The topological polar surface area (TPSA) is 77.2 Å². The summed E-state index contributed by atoms with van der Waals surface area (Å²) in [5, 5.41) is 4.93. The molecule has 0 saturated heterocycles. The number of aryl methyl sites for hydroxylation is 2. The van der Waals surface area contributed by atoms with E-state index in [2.05, 4.69) is 0 Å². The van der Waals surface area contributed by atoms with E-state index in [9.17, 15) is 13.2 Å². The van der Waals surface area contributed by atoms with Gasteiger partial charge in [0, 0.05) is 5.56 Å². The lowest BCUT2D eigenvalue weighted by atomic mass is 10.0. The fraction of sp³-hybridized carbons (Fsp3) is 0.235. The molecular formula is C17H20ClNO3S. The Morgan fingerprint density at radius 1 is 1.09 bits per heavy atom. The fourth-order valence-electron chi connectivity index (χ4n) is 2.05. The minimum Gasteiger partial charge on any atom is -0.293 e. The Bertz CT molecular complexity index is 773. The molecule has 2 aromatic rings. The number of sulfonamides is 1. The fourth-order valence-corrected chi connectivity index (χ4v) is 2.98. The van der Waals surface area contributed by atoms with Gasteiger partial charge in [-0.25, -0.2) is 13.6 Å². The van der Waals surface area contributed by atoms with E-state index in [-0.39, 0.29) is 16.6 Å². The molecule has 124 valence electrons. The zero-order valence-electron chi connectivity index (χ0n) is 13.1. The summed E-state index contributed by atoms with van der Waals surface area (Å²) in [6.45, 7) is 3.74. The van der Waals surface area contributed by atoms with Crippen LogP contribution in [0.2, 0.25) is 0 Å². The van der Waals surface area contributed by atoms with Crippen LogP contribution in [0.15, 0.2) is 53.4 Å². The van der Waals surface area contributed by atoms with Crippen LogP contribution in [0.4, 0.5) is 0 Å². The number of alkyl halides is 1. The van der Waals surface area contributed by atoms with Crippen molar-refractivity contribution in [1.29, 1.82) is 0 Å². The van der Waals surface area contributed by atoms with Gasteiger partial charge in [-0.05, 0) is 30.5 Å². The maximum Gasteiger partial charge on any atom is 0.238 e. The monoisotopic (exact) mass is 353 g/mol. The van der Waals surface area contributed by atoms with Crippen molar-refractivity contribution in [1.82, 2.24) is 0 Å². The van der Waals surface area contributed by atoms with Crippen LogP contribution in [-0.2, 0) is 16.4 Å². The Kier molecular flexibility index (Phi) is 7.42.